The van der Waals surface area contributed by atoms with E-state index in [0.717, 1.165) is 36.1 Å². The van der Waals surface area contributed by atoms with Crippen LogP contribution < -0.4 is 0 Å². The Morgan fingerprint density at radius 1 is 1.05 bits per heavy atom. The maximum absolute atomic E-state index is 8.74. The van der Waals surface area contributed by atoms with Gasteiger partial charge in [-0.15, -0.1) is 10.2 Å². The molecule has 0 saturated heterocycles. The van der Waals surface area contributed by atoms with Crippen molar-refractivity contribution in [1.29, 1.82) is 5.41 Å². The molecule has 1 aliphatic rings. The Morgan fingerprint density at radius 2 is 1.78 bits per heavy atom. The van der Waals surface area contributed by atoms with E-state index in [1.54, 1.807) is 12.2 Å². The molecule has 5 heteroatoms. The summed E-state index contributed by atoms with van der Waals surface area (Å²) >= 11 is 0. The lowest BCUT2D eigenvalue weighted by Gasteiger charge is -2.17. The molecule has 0 aliphatic heterocycles. The minimum absolute atomic E-state index is 0.255. The molecule has 0 unspecified atom stereocenters. The highest BCUT2D eigenvalue weighted by Gasteiger charge is 2.21. The van der Waals surface area contributed by atoms with E-state index in [2.05, 4.69) is 67.6 Å². The third-order valence-corrected chi connectivity index (χ3v) is 5.85. The van der Waals surface area contributed by atoms with Crippen LogP contribution in [0.25, 0.3) is 11.4 Å². The molecule has 37 heavy (non-hydrogen) atoms. The molecule has 0 bridgehead atoms. The van der Waals surface area contributed by atoms with Gasteiger partial charge in [0, 0.05) is 11.3 Å². The number of hydrogen-bond acceptors (Lipinski definition) is 4. The standard InChI is InChI=1S/C32H35N5/c1-6-9-15-26(7-2)16-13-14-19-29(33)32-36-35-31(37(32)28-22-20-24(4)21-23-28)25(5)34-30(8-3)27-17-11-10-12-18-27/h7-20,22,33H,3,5-6,21,23H2,1-2,4H3/b15-9-,16-13+,19-14-,26-7+,33-29?,34-30?. The van der Waals surface area contributed by atoms with Crippen LogP contribution in [-0.4, -0.2) is 26.2 Å². The molecule has 0 radical (unpaired) electrons. The Morgan fingerprint density at radius 3 is 2.43 bits per heavy atom. The second kappa shape index (κ2) is 13.6. The molecular weight excluding hydrogens is 454 g/mol. The second-order valence-electron chi connectivity index (χ2n) is 8.60. The van der Waals surface area contributed by atoms with Gasteiger partial charge < -0.3 is 0 Å². The van der Waals surface area contributed by atoms with Crippen LogP contribution in [-0.2, 0) is 0 Å². The van der Waals surface area contributed by atoms with Gasteiger partial charge in [-0.1, -0.05) is 98.5 Å². The Labute approximate surface area is 220 Å². The first-order chi connectivity index (χ1) is 18.0. The molecule has 5 nitrogen and oxygen atoms in total. The van der Waals surface area contributed by atoms with Gasteiger partial charge in [0.2, 0.25) is 0 Å². The highest BCUT2D eigenvalue weighted by Crippen LogP contribution is 2.27. The van der Waals surface area contributed by atoms with E-state index < -0.39 is 0 Å². The van der Waals surface area contributed by atoms with Crippen LogP contribution in [0.5, 0.6) is 0 Å². The number of benzene rings is 1. The van der Waals surface area contributed by atoms with Crippen molar-refractivity contribution in [2.24, 2.45) is 4.99 Å². The SMILES string of the molecule is C=CC(=NC(=C)c1nnc(C(=N)\C=C/C=C/C(/C=C\CC)=C/C)n1C1=CC=C(C)CC1)c1ccccc1. The zero-order chi connectivity index (χ0) is 26.6. The van der Waals surface area contributed by atoms with Crippen LogP contribution in [0.15, 0.2) is 120 Å². The maximum atomic E-state index is 8.74. The number of hydrogen-bond donors (Lipinski definition) is 1. The summed E-state index contributed by atoms with van der Waals surface area (Å²) in [4.78, 5) is 4.73. The summed E-state index contributed by atoms with van der Waals surface area (Å²) in [5, 5.41) is 17.5. The molecule has 1 heterocycles. The van der Waals surface area contributed by atoms with Gasteiger partial charge in [0.1, 0.15) is 5.70 Å². The summed E-state index contributed by atoms with van der Waals surface area (Å²) in [6, 6.07) is 9.84. The van der Waals surface area contributed by atoms with E-state index in [4.69, 9.17) is 10.4 Å². The first-order valence-corrected chi connectivity index (χ1v) is 12.5. The van der Waals surface area contributed by atoms with Crippen LogP contribution in [0, 0.1) is 5.41 Å². The quantitative estimate of drug-likeness (QED) is 0.257. The molecule has 0 atom stereocenters. The summed E-state index contributed by atoms with van der Waals surface area (Å²) in [5.74, 6) is 0.964. The smallest absolute Gasteiger partial charge is 0.186 e. The summed E-state index contributed by atoms with van der Waals surface area (Å²) in [6.45, 7) is 14.4. The minimum atomic E-state index is 0.255. The average molecular weight is 490 g/mol. The molecule has 0 fully saturated rings. The van der Waals surface area contributed by atoms with Gasteiger partial charge in [0.05, 0.1) is 11.4 Å². The van der Waals surface area contributed by atoms with E-state index in [-0.39, 0.29) is 5.71 Å². The molecule has 2 aromatic rings. The van der Waals surface area contributed by atoms with Gasteiger partial charge in [-0.05, 0) is 56.9 Å². The molecule has 0 spiro atoms. The van der Waals surface area contributed by atoms with Gasteiger partial charge in [-0.2, -0.15) is 0 Å². The highest BCUT2D eigenvalue weighted by molar-refractivity contribution is 6.10. The molecular formula is C32H35N5. The van der Waals surface area contributed by atoms with Crippen molar-refractivity contribution < 1.29 is 0 Å². The molecule has 3 rings (SSSR count). The van der Waals surface area contributed by atoms with Crippen molar-refractivity contribution in [2.75, 3.05) is 0 Å². The number of rotatable bonds is 11. The van der Waals surface area contributed by atoms with Gasteiger partial charge in [0.15, 0.2) is 11.6 Å². The number of nitrogens with zero attached hydrogens (tertiary/aromatic N) is 4. The zero-order valence-electron chi connectivity index (χ0n) is 22.0. The van der Waals surface area contributed by atoms with E-state index in [9.17, 15) is 0 Å². The third kappa shape index (κ3) is 7.31. The van der Waals surface area contributed by atoms with E-state index in [0.29, 0.717) is 23.1 Å². The normalized spacial score (nSPS) is 14.9. The van der Waals surface area contributed by atoms with E-state index in [1.807, 2.05) is 60.1 Å². The molecule has 0 amide bonds. The fraction of sp³-hybridized carbons (Fsp3) is 0.188. The van der Waals surface area contributed by atoms with Crippen molar-refractivity contribution in [3.8, 4) is 0 Å². The third-order valence-electron chi connectivity index (χ3n) is 5.85. The van der Waals surface area contributed by atoms with Crippen LogP contribution in [0.1, 0.15) is 57.2 Å². The first kappa shape index (κ1) is 27.2. The van der Waals surface area contributed by atoms with Crippen molar-refractivity contribution in [3.63, 3.8) is 0 Å². The molecule has 1 N–H and O–H groups in total. The first-order valence-electron chi connectivity index (χ1n) is 12.5. The number of nitrogens with one attached hydrogen (secondary N) is 1. The number of aromatic nitrogens is 3. The van der Waals surface area contributed by atoms with Gasteiger partial charge >= 0.3 is 0 Å². The Bertz CT molecular complexity index is 1360. The lowest BCUT2D eigenvalue weighted by molar-refractivity contribution is 0.885. The van der Waals surface area contributed by atoms with Crippen LogP contribution >= 0.6 is 0 Å². The lowest BCUT2D eigenvalue weighted by Crippen LogP contribution is -2.12. The van der Waals surface area contributed by atoms with E-state index >= 15 is 0 Å². The van der Waals surface area contributed by atoms with Crippen molar-refractivity contribution in [3.05, 3.63) is 133 Å². The van der Waals surface area contributed by atoms with Gasteiger partial charge in [0.25, 0.3) is 0 Å². The van der Waals surface area contributed by atoms with Crippen molar-refractivity contribution >= 4 is 22.8 Å². The van der Waals surface area contributed by atoms with Gasteiger partial charge in [-0.3, -0.25) is 9.98 Å². The molecule has 1 aliphatic carbocycles. The summed E-state index contributed by atoms with van der Waals surface area (Å²) in [7, 11) is 0. The summed E-state index contributed by atoms with van der Waals surface area (Å²) in [5.41, 5.74) is 5.79. The lowest BCUT2D eigenvalue weighted by atomic mass is 10.0. The fourth-order valence-corrected chi connectivity index (χ4v) is 3.76. The largest absolute Gasteiger partial charge is 0.297 e. The maximum Gasteiger partial charge on any atom is 0.186 e. The predicted octanol–water partition coefficient (Wildman–Crippen LogP) is 7.90. The van der Waals surface area contributed by atoms with Crippen molar-refractivity contribution in [2.45, 2.75) is 40.0 Å². The number of allylic oxidation sites excluding steroid dienone is 13. The predicted molar refractivity (Wildman–Crippen MR) is 158 cm³/mol. The average Bonchev–Trinajstić information content (AvgIpc) is 3.37. The Kier molecular flexibility index (Phi) is 10.0. The van der Waals surface area contributed by atoms with Crippen LogP contribution in [0.2, 0.25) is 0 Å². The monoisotopic (exact) mass is 489 g/mol. The van der Waals surface area contributed by atoms with Crippen LogP contribution in [0.4, 0.5) is 0 Å². The highest BCUT2D eigenvalue weighted by atomic mass is 15.3. The molecule has 1 aromatic carbocycles. The number of aliphatic imine (C=N–C) groups is 1. The van der Waals surface area contributed by atoms with Crippen molar-refractivity contribution in [1.82, 2.24) is 14.8 Å². The summed E-state index contributed by atoms with van der Waals surface area (Å²) < 4.78 is 1.90. The molecule has 188 valence electrons. The van der Waals surface area contributed by atoms with Crippen LogP contribution in [0.3, 0.4) is 0 Å². The Balaban J connectivity index is 1.97. The molecule has 0 saturated carbocycles. The summed E-state index contributed by atoms with van der Waals surface area (Å²) in [6.07, 6.45) is 22.4. The topological polar surface area (TPSA) is 66.9 Å². The zero-order valence-corrected chi connectivity index (χ0v) is 22.0. The molecule has 1 aromatic heterocycles. The minimum Gasteiger partial charge on any atom is -0.297 e. The van der Waals surface area contributed by atoms with Gasteiger partial charge in [-0.25, -0.2) is 4.99 Å². The fourth-order valence-electron chi connectivity index (χ4n) is 3.76. The second-order valence-corrected chi connectivity index (χ2v) is 8.60. The Hall–Kier alpha value is -4.38. The van der Waals surface area contributed by atoms with E-state index in [1.165, 1.54) is 5.57 Å².